The molecule has 1 aliphatic rings. The maximum absolute atomic E-state index is 11.6. The topological polar surface area (TPSA) is 44.8 Å². The Balaban J connectivity index is 1.82. The van der Waals surface area contributed by atoms with Gasteiger partial charge in [0.25, 0.3) is 0 Å². The highest BCUT2D eigenvalue weighted by Crippen LogP contribution is 2.30. The second-order valence-corrected chi connectivity index (χ2v) is 4.89. The summed E-state index contributed by atoms with van der Waals surface area (Å²) in [5.74, 6) is 1.37. The van der Waals surface area contributed by atoms with Crippen LogP contribution in [-0.4, -0.2) is 25.8 Å². The van der Waals surface area contributed by atoms with Gasteiger partial charge in [-0.2, -0.15) is 0 Å². The summed E-state index contributed by atoms with van der Waals surface area (Å²) in [7, 11) is 0. The Morgan fingerprint density at radius 3 is 2.86 bits per heavy atom. The molecule has 0 aliphatic carbocycles. The lowest BCUT2D eigenvalue weighted by atomic mass is 10.1. The molecule has 0 amide bonds. The van der Waals surface area contributed by atoms with Crippen LogP contribution in [0.25, 0.3) is 0 Å². The number of benzene rings is 1. The van der Waals surface area contributed by atoms with Gasteiger partial charge in [-0.05, 0) is 30.5 Å². The SMILES string of the molecule is CC/C=C/COC(=O)CCc1ccc2c(c1)OCCCO2. The van der Waals surface area contributed by atoms with Gasteiger partial charge in [0.1, 0.15) is 6.61 Å². The van der Waals surface area contributed by atoms with E-state index in [-0.39, 0.29) is 5.97 Å². The molecule has 2 rings (SSSR count). The fraction of sp³-hybridized carbons (Fsp3) is 0.471. The van der Waals surface area contributed by atoms with Crippen LogP contribution in [0.2, 0.25) is 0 Å². The Labute approximate surface area is 125 Å². The minimum Gasteiger partial charge on any atom is -0.490 e. The van der Waals surface area contributed by atoms with Gasteiger partial charge in [0.2, 0.25) is 0 Å². The van der Waals surface area contributed by atoms with Crippen molar-refractivity contribution < 1.29 is 19.0 Å². The molecule has 4 heteroatoms. The summed E-state index contributed by atoms with van der Waals surface area (Å²) >= 11 is 0. The fourth-order valence-corrected chi connectivity index (χ4v) is 2.06. The number of carbonyl (C=O) groups is 1. The molecule has 114 valence electrons. The highest BCUT2D eigenvalue weighted by Gasteiger charge is 2.11. The second-order valence-electron chi connectivity index (χ2n) is 4.89. The number of ether oxygens (including phenoxy) is 3. The molecule has 21 heavy (non-hydrogen) atoms. The summed E-state index contributed by atoms with van der Waals surface area (Å²) in [6.45, 7) is 3.75. The molecule has 1 aliphatic heterocycles. The van der Waals surface area contributed by atoms with Crippen molar-refractivity contribution in [2.45, 2.75) is 32.6 Å². The molecule has 0 saturated carbocycles. The molecule has 0 atom stereocenters. The van der Waals surface area contributed by atoms with Crippen molar-refractivity contribution in [3.05, 3.63) is 35.9 Å². The van der Waals surface area contributed by atoms with Crippen molar-refractivity contribution in [1.82, 2.24) is 0 Å². The van der Waals surface area contributed by atoms with E-state index >= 15 is 0 Å². The number of allylic oxidation sites excluding steroid dienone is 1. The molecule has 0 fully saturated rings. The van der Waals surface area contributed by atoms with Gasteiger partial charge in [0, 0.05) is 12.8 Å². The number of aryl methyl sites for hydroxylation is 1. The average molecular weight is 290 g/mol. The van der Waals surface area contributed by atoms with E-state index in [0.717, 1.165) is 29.9 Å². The first kappa shape index (κ1) is 15.4. The normalized spacial score (nSPS) is 14.0. The Morgan fingerprint density at radius 1 is 1.24 bits per heavy atom. The number of carbonyl (C=O) groups excluding carboxylic acids is 1. The molecule has 1 heterocycles. The Morgan fingerprint density at radius 2 is 2.05 bits per heavy atom. The number of hydrogen-bond donors (Lipinski definition) is 0. The maximum atomic E-state index is 11.6. The molecule has 1 aromatic carbocycles. The summed E-state index contributed by atoms with van der Waals surface area (Å²) in [6.07, 6.45) is 6.71. The third-order valence-electron chi connectivity index (χ3n) is 3.17. The van der Waals surface area contributed by atoms with Crippen molar-refractivity contribution in [3.63, 3.8) is 0 Å². The van der Waals surface area contributed by atoms with Crippen LogP contribution in [0.1, 0.15) is 31.7 Å². The third-order valence-corrected chi connectivity index (χ3v) is 3.17. The summed E-state index contributed by atoms with van der Waals surface area (Å²) in [5.41, 5.74) is 1.06. The zero-order valence-electron chi connectivity index (χ0n) is 12.5. The van der Waals surface area contributed by atoms with Gasteiger partial charge < -0.3 is 14.2 Å². The van der Waals surface area contributed by atoms with Gasteiger partial charge in [-0.1, -0.05) is 25.1 Å². The van der Waals surface area contributed by atoms with Crippen LogP contribution in [0, 0.1) is 0 Å². The molecule has 4 nitrogen and oxygen atoms in total. The van der Waals surface area contributed by atoms with Crippen LogP contribution in [0.5, 0.6) is 11.5 Å². The molecule has 0 unspecified atom stereocenters. The van der Waals surface area contributed by atoms with Crippen molar-refractivity contribution in [3.8, 4) is 11.5 Å². The van der Waals surface area contributed by atoms with Crippen LogP contribution < -0.4 is 9.47 Å². The summed E-state index contributed by atoms with van der Waals surface area (Å²) < 4.78 is 16.3. The van der Waals surface area contributed by atoms with E-state index in [1.807, 2.05) is 37.3 Å². The third kappa shape index (κ3) is 5.14. The first-order valence-electron chi connectivity index (χ1n) is 7.48. The standard InChI is InChI=1S/C17H22O4/c1-2-3-4-10-21-17(18)9-7-14-6-8-15-16(13-14)20-12-5-11-19-15/h3-4,6,8,13H,2,5,7,9-12H2,1H3/b4-3+. The Bertz CT molecular complexity index is 494. The van der Waals surface area contributed by atoms with Gasteiger partial charge in [0.05, 0.1) is 13.2 Å². The Kier molecular flexibility index (Phi) is 6.13. The number of hydrogen-bond acceptors (Lipinski definition) is 4. The highest BCUT2D eigenvalue weighted by atomic mass is 16.5. The van der Waals surface area contributed by atoms with Gasteiger partial charge in [0.15, 0.2) is 11.5 Å². The number of esters is 1. The van der Waals surface area contributed by atoms with Crippen LogP contribution >= 0.6 is 0 Å². The zero-order valence-corrected chi connectivity index (χ0v) is 12.5. The summed E-state index contributed by atoms with van der Waals surface area (Å²) in [4.78, 5) is 11.6. The van der Waals surface area contributed by atoms with E-state index in [1.165, 1.54) is 0 Å². The van der Waals surface area contributed by atoms with E-state index in [1.54, 1.807) is 0 Å². The van der Waals surface area contributed by atoms with E-state index in [0.29, 0.717) is 32.7 Å². The lowest BCUT2D eigenvalue weighted by Gasteiger charge is -2.09. The largest absolute Gasteiger partial charge is 0.490 e. The maximum Gasteiger partial charge on any atom is 0.306 e. The predicted molar refractivity (Wildman–Crippen MR) is 80.8 cm³/mol. The molecular weight excluding hydrogens is 268 g/mol. The first-order valence-corrected chi connectivity index (χ1v) is 7.48. The van der Waals surface area contributed by atoms with E-state index in [2.05, 4.69) is 0 Å². The summed E-state index contributed by atoms with van der Waals surface area (Å²) in [6, 6.07) is 5.83. The molecule has 0 saturated heterocycles. The average Bonchev–Trinajstić information content (AvgIpc) is 2.74. The smallest absolute Gasteiger partial charge is 0.306 e. The minimum atomic E-state index is -0.178. The number of rotatable bonds is 6. The van der Waals surface area contributed by atoms with Crippen molar-refractivity contribution in [1.29, 1.82) is 0 Å². The van der Waals surface area contributed by atoms with Crippen molar-refractivity contribution >= 4 is 5.97 Å². The van der Waals surface area contributed by atoms with Gasteiger partial charge in [-0.3, -0.25) is 4.79 Å². The van der Waals surface area contributed by atoms with Crippen LogP contribution in [-0.2, 0) is 16.0 Å². The zero-order chi connectivity index (χ0) is 14.9. The van der Waals surface area contributed by atoms with Crippen LogP contribution in [0.15, 0.2) is 30.4 Å². The van der Waals surface area contributed by atoms with E-state index < -0.39 is 0 Å². The second kappa shape index (κ2) is 8.35. The van der Waals surface area contributed by atoms with Crippen molar-refractivity contribution in [2.24, 2.45) is 0 Å². The molecule has 0 spiro atoms. The van der Waals surface area contributed by atoms with E-state index in [4.69, 9.17) is 14.2 Å². The highest BCUT2D eigenvalue weighted by molar-refractivity contribution is 5.69. The van der Waals surface area contributed by atoms with Gasteiger partial charge in [-0.15, -0.1) is 0 Å². The van der Waals surface area contributed by atoms with Gasteiger partial charge >= 0.3 is 5.97 Å². The molecule has 0 radical (unpaired) electrons. The van der Waals surface area contributed by atoms with Crippen molar-refractivity contribution in [2.75, 3.05) is 19.8 Å². The van der Waals surface area contributed by atoms with Crippen LogP contribution in [0.4, 0.5) is 0 Å². The first-order chi connectivity index (χ1) is 10.3. The minimum absolute atomic E-state index is 0.178. The van der Waals surface area contributed by atoms with E-state index in [9.17, 15) is 4.79 Å². The molecule has 1 aromatic rings. The monoisotopic (exact) mass is 290 g/mol. The van der Waals surface area contributed by atoms with Gasteiger partial charge in [-0.25, -0.2) is 0 Å². The molecule has 0 N–H and O–H groups in total. The summed E-state index contributed by atoms with van der Waals surface area (Å²) in [5, 5.41) is 0. The molecule has 0 bridgehead atoms. The predicted octanol–water partition coefficient (Wildman–Crippen LogP) is 3.29. The lowest BCUT2D eigenvalue weighted by Crippen LogP contribution is -2.06. The number of fused-ring (bicyclic) bond motifs is 1. The molecular formula is C17H22O4. The Hall–Kier alpha value is -1.97. The fourth-order valence-electron chi connectivity index (χ4n) is 2.06. The lowest BCUT2D eigenvalue weighted by molar-refractivity contribution is -0.142. The quantitative estimate of drug-likeness (QED) is 0.595. The molecule has 0 aromatic heterocycles. The van der Waals surface area contributed by atoms with Crippen LogP contribution in [0.3, 0.4) is 0 Å².